The molecule has 0 amide bonds. The van der Waals surface area contributed by atoms with Gasteiger partial charge in [0.05, 0.1) is 10.2 Å². The topological polar surface area (TPSA) is 75.9 Å². The maximum atomic E-state index is 6.03. The Kier molecular flexibility index (Phi) is 3.86. The zero-order chi connectivity index (χ0) is 17.0. The summed E-state index contributed by atoms with van der Waals surface area (Å²) in [5.41, 5.74) is 8.55. The first kappa shape index (κ1) is 15.8. The molecule has 1 aliphatic heterocycles. The van der Waals surface area contributed by atoms with E-state index in [-0.39, 0.29) is 0 Å². The number of nitrogens with zero attached hydrogens (tertiary/aromatic N) is 2. The Hall–Kier alpha value is -1.40. The van der Waals surface area contributed by atoms with Crippen molar-refractivity contribution in [3.05, 3.63) is 10.4 Å². The molecule has 134 valence electrons. The number of fused-ring (bicyclic) bond motifs is 3. The molecule has 4 N–H and O–H groups in total. The van der Waals surface area contributed by atoms with Crippen molar-refractivity contribution in [2.45, 2.75) is 64.0 Å². The molecule has 3 aliphatic rings. The Morgan fingerprint density at radius 2 is 2.08 bits per heavy atom. The van der Waals surface area contributed by atoms with E-state index in [9.17, 15) is 0 Å². The second kappa shape index (κ2) is 6.09. The van der Waals surface area contributed by atoms with E-state index in [0.29, 0.717) is 12.0 Å². The fourth-order valence-corrected chi connectivity index (χ4v) is 5.80. The molecule has 0 aromatic carbocycles. The molecular formula is C19H27N5S. The highest BCUT2D eigenvalue weighted by atomic mass is 32.1. The van der Waals surface area contributed by atoms with Gasteiger partial charge in [-0.3, -0.25) is 0 Å². The second-order valence-electron chi connectivity index (χ2n) is 8.23. The van der Waals surface area contributed by atoms with E-state index in [4.69, 9.17) is 5.73 Å². The fourth-order valence-electron chi connectivity index (χ4n) is 4.55. The smallest absolute Gasteiger partial charge is 0.222 e. The van der Waals surface area contributed by atoms with E-state index in [0.717, 1.165) is 42.2 Å². The van der Waals surface area contributed by atoms with Crippen molar-refractivity contribution >= 4 is 33.3 Å². The molecule has 3 atom stereocenters. The van der Waals surface area contributed by atoms with Crippen LogP contribution in [0.4, 0.5) is 11.8 Å². The first-order valence-corrected chi connectivity index (χ1v) is 10.6. The summed E-state index contributed by atoms with van der Waals surface area (Å²) < 4.78 is 1.20. The average molecular weight is 358 g/mol. The largest absolute Gasteiger partial charge is 0.368 e. The Labute approximate surface area is 152 Å². The molecular weight excluding hydrogens is 330 g/mol. The minimum absolute atomic E-state index is 0.393. The number of hydrogen-bond donors (Lipinski definition) is 3. The van der Waals surface area contributed by atoms with Gasteiger partial charge in [-0.15, -0.1) is 11.3 Å². The molecule has 0 bridgehead atoms. The highest BCUT2D eigenvalue weighted by molar-refractivity contribution is 7.19. The summed E-state index contributed by atoms with van der Waals surface area (Å²) in [6.45, 7) is 3.26. The van der Waals surface area contributed by atoms with Gasteiger partial charge in [-0.25, -0.2) is 4.98 Å². The fraction of sp³-hybridized carbons (Fsp3) is 0.684. The molecule has 25 heavy (non-hydrogen) atoms. The lowest BCUT2D eigenvalue weighted by molar-refractivity contribution is 0.503. The van der Waals surface area contributed by atoms with Crippen LogP contribution in [-0.2, 0) is 12.8 Å². The second-order valence-corrected chi connectivity index (χ2v) is 9.33. The van der Waals surface area contributed by atoms with Gasteiger partial charge in [0, 0.05) is 23.5 Å². The predicted octanol–water partition coefficient (Wildman–Crippen LogP) is 3.34. The van der Waals surface area contributed by atoms with Gasteiger partial charge in [0.25, 0.3) is 0 Å². The maximum Gasteiger partial charge on any atom is 0.222 e. The van der Waals surface area contributed by atoms with Crippen molar-refractivity contribution in [1.29, 1.82) is 0 Å². The Bertz CT molecular complexity index is 797. The molecule has 3 heterocycles. The third kappa shape index (κ3) is 2.99. The molecule has 3 unspecified atom stereocenters. The molecule has 6 heteroatoms. The number of nitrogen functional groups attached to an aromatic ring is 1. The summed E-state index contributed by atoms with van der Waals surface area (Å²) in [5, 5.41) is 7.39. The quantitative estimate of drug-likeness (QED) is 0.782. The molecule has 2 aromatic rings. The first-order valence-electron chi connectivity index (χ1n) is 9.75. The van der Waals surface area contributed by atoms with Crippen molar-refractivity contribution in [3.63, 3.8) is 0 Å². The molecule has 5 nitrogen and oxygen atoms in total. The molecule has 2 fully saturated rings. The van der Waals surface area contributed by atoms with Crippen LogP contribution in [0.2, 0.25) is 0 Å². The van der Waals surface area contributed by atoms with E-state index in [1.807, 2.05) is 11.3 Å². The zero-order valence-electron chi connectivity index (χ0n) is 14.8. The van der Waals surface area contributed by atoms with Crippen LogP contribution in [0, 0.1) is 11.8 Å². The lowest BCUT2D eigenvalue weighted by atomic mass is 9.89. The Balaban J connectivity index is 1.37. The SMILES string of the molecule is CC1CCc2sc3c(NCC4CCC(C5CC5)N4)nc(N)nc3c2C1. The van der Waals surface area contributed by atoms with Crippen molar-refractivity contribution in [2.24, 2.45) is 11.8 Å². The van der Waals surface area contributed by atoms with Crippen LogP contribution in [-0.4, -0.2) is 28.6 Å². The predicted molar refractivity (Wildman–Crippen MR) is 104 cm³/mol. The lowest BCUT2D eigenvalue weighted by Crippen LogP contribution is -2.35. The van der Waals surface area contributed by atoms with E-state index in [2.05, 4.69) is 27.5 Å². The molecule has 2 aromatic heterocycles. The van der Waals surface area contributed by atoms with Crippen LogP contribution in [0.25, 0.3) is 10.2 Å². The van der Waals surface area contributed by atoms with Crippen molar-refractivity contribution in [2.75, 3.05) is 17.6 Å². The van der Waals surface area contributed by atoms with E-state index < -0.39 is 0 Å². The maximum absolute atomic E-state index is 6.03. The normalized spacial score (nSPS) is 29.1. The Morgan fingerprint density at radius 1 is 1.20 bits per heavy atom. The highest BCUT2D eigenvalue weighted by Crippen LogP contribution is 2.40. The van der Waals surface area contributed by atoms with Gasteiger partial charge in [-0.2, -0.15) is 4.98 Å². The van der Waals surface area contributed by atoms with Crippen molar-refractivity contribution < 1.29 is 0 Å². The van der Waals surface area contributed by atoms with Crippen LogP contribution in [0.5, 0.6) is 0 Å². The number of aromatic nitrogens is 2. The summed E-state index contributed by atoms with van der Waals surface area (Å²) in [5.74, 6) is 3.01. The monoisotopic (exact) mass is 357 g/mol. The van der Waals surface area contributed by atoms with Crippen molar-refractivity contribution in [1.82, 2.24) is 15.3 Å². The number of thiophene rings is 1. The third-order valence-corrected chi connectivity index (χ3v) is 7.42. The summed E-state index contributed by atoms with van der Waals surface area (Å²) in [6, 6.07) is 1.30. The van der Waals surface area contributed by atoms with Gasteiger partial charge in [0.1, 0.15) is 5.82 Å². The number of rotatable bonds is 4. The molecule has 5 rings (SSSR count). The summed E-state index contributed by atoms with van der Waals surface area (Å²) in [7, 11) is 0. The summed E-state index contributed by atoms with van der Waals surface area (Å²) in [4.78, 5) is 10.6. The number of anilines is 2. The van der Waals surface area contributed by atoms with Gasteiger partial charge in [0.15, 0.2) is 0 Å². The molecule has 2 aliphatic carbocycles. The van der Waals surface area contributed by atoms with Gasteiger partial charge >= 0.3 is 0 Å². The first-order chi connectivity index (χ1) is 12.2. The van der Waals surface area contributed by atoms with Gasteiger partial charge in [-0.1, -0.05) is 6.92 Å². The molecule has 0 radical (unpaired) electrons. The lowest BCUT2D eigenvalue weighted by Gasteiger charge is -2.17. The third-order valence-electron chi connectivity index (χ3n) is 6.13. The van der Waals surface area contributed by atoms with E-state index in [1.54, 1.807) is 0 Å². The van der Waals surface area contributed by atoms with Gasteiger partial charge < -0.3 is 16.4 Å². The number of nitrogens with two attached hydrogens (primary N) is 1. The molecule has 1 saturated heterocycles. The van der Waals surface area contributed by atoms with E-state index >= 15 is 0 Å². The number of aryl methyl sites for hydroxylation is 1. The molecule has 0 spiro atoms. The standard InChI is InChI=1S/C19H27N5S/c1-10-2-7-15-13(8-10)16-17(25-15)18(24-19(20)23-16)21-9-12-5-6-14(22-12)11-3-4-11/h10-12,14,22H,2-9H2,1H3,(H3,20,21,23,24). The van der Waals surface area contributed by atoms with Crippen molar-refractivity contribution in [3.8, 4) is 0 Å². The Morgan fingerprint density at radius 3 is 2.92 bits per heavy atom. The van der Waals surface area contributed by atoms with Gasteiger partial charge in [0.2, 0.25) is 5.95 Å². The summed E-state index contributed by atoms with van der Waals surface area (Å²) in [6.07, 6.45) is 8.99. The van der Waals surface area contributed by atoms with Crippen LogP contribution >= 0.6 is 11.3 Å². The van der Waals surface area contributed by atoms with E-state index in [1.165, 1.54) is 53.7 Å². The molecule has 1 saturated carbocycles. The minimum Gasteiger partial charge on any atom is -0.368 e. The van der Waals surface area contributed by atoms with Crippen LogP contribution in [0.1, 0.15) is 49.5 Å². The number of hydrogen-bond acceptors (Lipinski definition) is 6. The van der Waals surface area contributed by atoms with Gasteiger partial charge in [-0.05, 0) is 62.3 Å². The average Bonchev–Trinajstić information content (AvgIpc) is 3.23. The summed E-state index contributed by atoms with van der Waals surface area (Å²) >= 11 is 1.87. The highest BCUT2D eigenvalue weighted by Gasteiger charge is 2.36. The zero-order valence-corrected chi connectivity index (χ0v) is 15.7. The van der Waals surface area contributed by atoms with Crippen LogP contribution in [0.15, 0.2) is 0 Å². The van der Waals surface area contributed by atoms with Crippen LogP contribution in [0.3, 0.4) is 0 Å². The number of nitrogens with one attached hydrogen (secondary N) is 2. The van der Waals surface area contributed by atoms with Crippen LogP contribution < -0.4 is 16.4 Å². The minimum atomic E-state index is 0.393.